The van der Waals surface area contributed by atoms with Crippen LogP contribution in [0.3, 0.4) is 0 Å². The van der Waals surface area contributed by atoms with Gasteiger partial charge in [0.15, 0.2) is 6.61 Å². The number of benzene rings is 3. The van der Waals surface area contributed by atoms with Crippen LogP contribution >= 0.6 is 11.6 Å². The van der Waals surface area contributed by atoms with Gasteiger partial charge < -0.3 is 10.1 Å². The fraction of sp³-hybridized carbons (Fsp3) is 0.267. The van der Waals surface area contributed by atoms with Crippen LogP contribution in [0.15, 0.2) is 72.8 Å². The highest BCUT2D eigenvalue weighted by Crippen LogP contribution is 2.45. The molecule has 3 amide bonds. The predicted molar refractivity (Wildman–Crippen MR) is 144 cm³/mol. The van der Waals surface area contributed by atoms with E-state index >= 15 is 0 Å². The lowest BCUT2D eigenvalue weighted by Crippen LogP contribution is -2.31. The van der Waals surface area contributed by atoms with Crippen LogP contribution in [0.5, 0.6) is 0 Å². The highest BCUT2D eigenvalue weighted by Gasteiger charge is 2.50. The number of fused-ring (bicyclic) bond motifs is 1. The fourth-order valence-electron chi connectivity index (χ4n) is 5.32. The van der Waals surface area contributed by atoms with Gasteiger partial charge in [-0.25, -0.2) is 4.79 Å². The van der Waals surface area contributed by atoms with Crippen molar-refractivity contribution < 1.29 is 23.9 Å². The van der Waals surface area contributed by atoms with Crippen molar-refractivity contribution in [2.75, 3.05) is 16.8 Å². The second-order valence-corrected chi connectivity index (χ2v) is 10.2. The Hall–Kier alpha value is -3.97. The van der Waals surface area contributed by atoms with Gasteiger partial charge in [0.1, 0.15) is 0 Å². The number of carbonyl (C=O) groups excluding carboxylic acids is 4. The van der Waals surface area contributed by atoms with Crippen molar-refractivity contribution in [3.05, 3.63) is 94.5 Å². The van der Waals surface area contributed by atoms with Crippen molar-refractivity contribution in [2.45, 2.75) is 32.1 Å². The molecule has 3 aromatic rings. The molecular formula is C30H27ClN2O5. The number of imide groups is 1. The Labute approximate surface area is 225 Å². The molecule has 7 nitrogen and oxygen atoms in total. The van der Waals surface area contributed by atoms with Crippen molar-refractivity contribution in [3.63, 3.8) is 0 Å². The number of carbonyl (C=O) groups is 4. The zero-order chi connectivity index (χ0) is 26.8. The van der Waals surface area contributed by atoms with E-state index in [2.05, 4.69) is 17.4 Å². The zero-order valence-electron chi connectivity index (χ0n) is 20.9. The molecule has 3 unspecified atom stereocenters. The molecule has 194 valence electrons. The first kappa shape index (κ1) is 25.7. The van der Waals surface area contributed by atoms with Crippen LogP contribution in [-0.2, 0) is 19.1 Å². The number of hydrogen-bond acceptors (Lipinski definition) is 5. The zero-order valence-corrected chi connectivity index (χ0v) is 21.6. The van der Waals surface area contributed by atoms with E-state index in [-0.39, 0.29) is 35.1 Å². The predicted octanol–water partition coefficient (Wildman–Crippen LogP) is 5.52. The molecule has 1 aliphatic carbocycles. The first-order valence-corrected chi connectivity index (χ1v) is 13.0. The highest BCUT2D eigenvalue weighted by atomic mass is 35.5. The van der Waals surface area contributed by atoms with E-state index in [1.165, 1.54) is 22.6 Å². The average molecular weight is 531 g/mol. The molecule has 1 N–H and O–H groups in total. The summed E-state index contributed by atoms with van der Waals surface area (Å²) < 4.78 is 5.17. The van der Waals surface area contributed by atoms with Crippen LogP contribution in [0.25, 0.3) is 0 Å². The number of rotatable bonds is 6. The number of esters is 1. The minimum absolute atomic E-state index is 0.145. The number of anilines is 2. The fourth-order valence-corrected chi connectivity index (χ4v) is 5.50. The van der Waals surface area contributed by atoms with Crippen LogP contribution in [-0.4, -0.2) is 30.3 Å². The maximum absolute atomic E-state index is 13.4. The summed E-state index contributed by atoms with van der Waals surface area (Å²) >= 11 is 6.08. The smallest absolute Gasteiger partial charge is 0.338 e. The third-order valence-corrected chi connectivity index (χ3v) is 7.73. The molecule has 1 saturated carbocycles. The number of ether oxygens (including phenoxy) is 1. The lowest BCUT2D eigenvalue weighted by Gasteiger charge is -2.28. The number of halogens is 1. The summed E-state index contributed by atoms with van der Waals surface area (Å²) in [5.74, 6) is -2.21. The molecule has 1 aliphatic heterocycles. The average Bonchev–Trinajstić information content (AvgIpc) is 3.19. The molecule has 3 atom stereocenters. The van der Waals surface area contributed by atoms with Crippen molar-refractivity contribution in [3.8, 4) is 0 Å². The van der Waals surface area contributed by atoms with Crippen molar-refractivity contribution in [1.29, 1.82) is 0 Å². The molecule has 2 fully saturated rings. The molecule has 5 rings (SSSR count). The molecule has 1 heterocycles. The number of nitrogens with one attached hydrogen (secondary N) is 1. The number of hydrogen-bond donors (Lipinski definition) is 1. The summed E-state index contributed by atoms with van der Waals surface area (Å²) in [5.41, 5.74) is 3.03. The number of nitrogens with zero attached hydrogens (tertiary/aromatic N) is 1. The molecule has 0 radical (unpaired) electrons. The topological polar surface area (TPSA) is 92.8 Å². The summed E-state index contributed by atoms with van der Waals surface area (Å²) in [6.07, 6.45) is 2.12. The van der Waals surface area contributed by atoms with Gasteiger partial charge in [-0.2, -0.15) is 0 Å². The van der Waals surface area contributed by atoms with Crippen LogP contribution in [0.1, 0.15) is 46.7 Å². The van der Waals surface area contributed by atoms with Crippen LogP contribution in [0, 0.1) is 18.8 Å². The monoisotopic (exact) mass is 530 g/mol. The summed E-state index contributed by atoms with van der Waals surface area (Å²) in [6, 6.07) is 21.4. The van der Waals surface area contributed by atoms with Crippen molar-refractivity contribution in [1.82, 2.24) is 0 Å². The first-order chi connectivity index (χ1) is 18.3. The van der Waals surface area contributed by atoms with E-state index in [9.17, 15) is 19.2 Å². The molecular weight excluding hydrogens is 504 g/mol. The normalized spacial score (nSPS) is 20.7. The largest absolute Gasteiger partial charge is 0.452 e. The Kier molecular flexibility index (Phi) is 7.29. The van der Waals surface area contributed by atoms with Gasteiger partial charge in [0.25, 0.3) is 5.91 Å². The molecule has 0 aromatic heterocycles. The second kappa shape index (κ2) is 10.8. The van der Waals surface area contributed by atoms with Crippen molar-refractivity contribution >= 4 is 46.7 Å². The Morgan fingerprint density at radius 2 is 1.71 bits per heavy atom. The Balaban J connectivity index is 1.24. The molecule has 0 spiro atoms. The third kappa shape index (κ3) is 5.20. The van der Waals surface area contributed by atoms with E-state index in [1.54, 1.807) is 30.3 Å². The van der Waals surface area contributed by atoms with Gasteiger partial charge in [-0.1, -0.05) is 54.1 Å². The SMILES string of the molecule is Cc1ccc(NC(=O)COC(=O)c2cccc(N3C(=O)C4CCC(c5ccccc5)CC4C3=O)c2)cc1Cl. The van der Waals surface area contributed by atoms with E-state index in [1.807, 2.05) is 25.1 Å². The van der Waals surface area contributed by atoms with Gasteiger partial charge in [-0.15, -0.1) is 0 Å². The van der Waals surface area contributed by atoms with E-state index in [0.717, 1.165) is 12.0 Å². The van der Waals surface area contributed by atoms with Crippen molar-refractivity contribution in [2.24, 2.45) is 11.8 Å². The molecule has 0 bridgehead atoms. The maximum atomic E-state index is 13.4. The maximum Gasteiger partial charge on any atom is 0.338 e. The molecule has 1 saturated heterocycles. The van der Waals surface area contributed by atoms with Gasteiger partial charge in [-0.3, -0.25) is 19.3 Å². The summed E-state index contributed by atoms with van der Waals surface area (Å²) in [7, 11) is 0. The second-order valence-electron chi connectivity index (χ2n) is 9.78. The minimum atomic E-state index is -0.732. The summed E-state index contributed by atoms with van der Waals surface area (Å²) in [4.78, 5) is 52.7. The van der Waals surface area contributed by atoms with Gasteiger partial charge in [0.05, 0.1) is 23.1 Å². The van der Waals surface area contributed by atoms with E-state index in [0.29, 0.717) is 29.2 Å². The van der Waals surface area contributed by atoms with Crippen LogP contribution in [0.2, 0.25) is 5.02 Å². The Morgan fingerprint density at radius 3 is 2.47 bits per heavy atom. The van der Waals surface area contributed by atoms with Crippen LogP contribution in [0.4, 0.5) is 11.4 Å². The molecule has 3 aromatic carbocycles. The Morgan fingerprint density at radius 1 is 0.947 bits per heavy atom. The number of aryl methyl sites for hydroxylation is 1. The number of amides is 3. The lowest BCUT2D eigenvalue weighted by molar-refractivity contribution is -0.122. The van der Waals surface area contributed by atoms with Gasteiger partial charge >= 0.3 is 5.97 Å². The molecule has 8 heteroatoms. The molecule has 2 aliphatic rings. The van der Waals surface area contributed by atoms with Gasteiger partial charge in [-0.05, 0) is 73.6 Å². The standard InChI is InChI=1S/C30H27ClN2O5/c1-18-10-12-22(16-26(18)31)32-27(34)17-38-30(37)21-8-5-9-23(14-21)33-28(35)24-13-11-20(15-25(24)29(33)36)19-6-3-2-4-7-19/h2-10,12,14,16,20,24-25H,11,13,15,17H2,1H3,(H,32,34). The summed E-state index contributed by atoms with van der Waals surface area (Å²) in [6.45, 7) is 1.35. The quantitative estimate of drug-likeness (QED) is 0.335. The van der Waals surface area contributed by atoms with Crippen LogP contribution < -0.4 is 10.2 Å². The Bertz CT molecular complexity index is 1410. The highest BCUT2D eigenvalue weighted by molar-refractivity contribution is 6.31. The van der Waals surface area contributed by atoms with E-state index in [4.69, 9.17) is 16.3 Å². The summed E-state index contributed by atoms with van der Waals surface area (Å²) in [5, 5.41) is 3.14. The van der Waals surface area contributed by atoms with Gasteiger partial charge in [0.2, 0.25) is 11.8 Å². The first-order valence-electron chi connectivity index (χ1n) is 12.6. The molecule has 38 heavy (non-hydrogen) atoms. The van der Waals surface area contributed by atoms with E-state index < -0.39 is 18.5 Å². The third-order valence-electron chi connectivity index (χ3n) is 7.33. The van der Waals surface area contributed by atoms with Gasteiger partial charge in [0, 0.05) is 10.7 Å². The minimum Gasteiger partial charge on any atom is -0.452 e. The lowest BCUT2D eigenvalue weighted by atomic mass is 9.73.